The van der Waals surface area contributed by atoms with E-state index in [1.165, 1.54) is 0 Å². The highest BCUT2D eigenvalue weighted by molar-refractivity contribution is 9.09. The second-order valence-electron chi connectivity index (χ2n) is 1.14. The Morgan fingerprint density at radius 2 is 1.71 bits per heavy atom. The summed E-state index contributed by atoms with van der Waals surface area (Å²) in [6.07, 6.45) is -2.70. The molecule has 0 fully saturated rings. The maximum absolute atomic E-state index is 8.39. The smallest absolute Gasteiger partial charge is 0.178 e. The molecule has 0 spiro atoms. The molecule has 4 heteroatoms. The summed E-state index contributed by atoms with van der Waals surface area (Å²) < 4.78 is 0. The second-order valence-corrected chi connectivity index (χ2v) is 1.78. The van der Waals surface area contributed by atoms with Crippen molar-refractivity contribution in [2.45, 2.75) is 12.4 Å². The molecule has 0 bridgehead atoms. The van der Waals surface area contributed by atoms with Crippen LogP contribution >= 0.6 is 15.9 Å². The van der Waals surface area contributed by atoms with Crippen molar-refractivity contribution in [2.24, 2.45) is 0 Å². The lowest BCUT2D eigenvalue weighted by molar-refractivity contribution is -0.112. The van der Waals surface area contributed by atoms with Gasteiger partial charge in [-0.1, -0.05) is 15.9 Å². The normalized spacial score (nSPS) is 15.0. The lowest BCUT2D eigenvalue weighted by Gasteiger charge is -2.06. The third-order valence-electron chi connectivity index (χ3n) is 0.502. The highest BCUT2D eigenvalue weighted by Crippen LogP contribution is 1.92. The average molecular weight is 171 g/mol. The molecule has 44 valence electrons. The zero-order chi connectivity index (χ0) is 5.86. The quantitative estimate of drug-likeness (QED) is 0.371. The summed E-state index contributed by atoms with van der Waals surface area (Å²) in [4.78, 5) is 0. The van der Waals surface area contributed by atoms with Crippen molar-refractivity contribution in [3.63, 3.8) is 0 Å². The van der Waals surface area contributed by atoms with Gasteiger partial charge < -0.3 is 15.3 Å². The van der Waals surface area contributed by atoms with Crippen LogP contribution in [-0.2, 0) is 0 Å². The first-order valence-electron chi connectivity index (χ1n) is 1.78. The van der Waals surface area contributed by atoms with Crippen LogP contribution in [-0.4, -0.2) is 33.0 Å². The van der Waals surface area contributed by atoms with Crippen LogP contribution in [0, 0.1) is 0 Å². The van der Waals surface area contributed by atoms with Crippen molar-refractivity contribution in [2.75, 3.05) is 5.33 Å². The molecular weight excluding hydrogens is 164 g/mol. The predicted molar refractivity (Wildman–Crippen MR) is 28.0 cm³/mol. The number of hydrogen-bond acceptors (Lipinski definition) is 3. The van der Waals surface area contributed by atoms with Crippen LogP contribution in [0.15, 0.2) is 0 Å². The Morgan fingerprint density at radius 3 is 1.71 bits per heavy atom. The molecule has 0 saturated heterocycles. The van der Waals surface area contributed by atoms with E-state index in [4.69, 9.17) is 15.3 Å². The topological polar surface area (TPSA) is 60.7 Å². The molecule has 0 radical (unpaired) electrons. The van der Waals surface area contributed by atoms with Gasteiger partial charge in [0.25, 0.3) is 0 Å². The van der Waals surface area contributed by atoms with Crippen LogP contribution in [0.5, 0.6) is 0 Å². The number of rotatable bonds is 2. The van der Waals surface area contributed by atoms with Crippen molar-refractivity contribution in [1.29, 1.82) is 0 Å². The van der Waals surface area contributed by atoms with Crippen molar-refractivity contribution in [3.8, 4) is 0 Å². The van der Waals surface area contributed by atoms with Crippen molar-refractivity contribution in [1.82, 2.24) is 0 Å². The van der Waals surface area contributed by atoms with Crippen molar-refractivity contribution in [3.05, 3.63) is 0 Å². The Morgan fingerprint density at radius 1 is 1.29 bits per heavy atom. The summed E-state index contributed by atoms with van der Waals surface area (Å²) in [7, 11) is 0. The number of hydrogen-bond donors (Lipinski definition) is 3. The number of halogens is 1. The lowest BCUT2D eigenvalue weighted by atomic mass is 10.4. The monoisotopic (exact) mass is 170 g/mol. The van der Waals surface area contributed by atoms with Crippen LogP contribution in [0.1, 0.15) is 0 Å². The van der Waals surface area contributed by atoms with Gasteiger partial charge in [-0.15, -0.1) is 0 Å². The highest BCUT2D eigenvalue weighted by Gasteiger charge is 2.08. The maximum atomic E-state index is 8.39. The van der Waals surface area contributed by atoms with E-state index in [-0.39, 0.29) is 5.33 Å². The molecule has 0 saturated carbocycles. The van der Waals surface area contributed by atoms with Gasteiger partial charge in [-0.05, 0) is 0 Å². The van der Waals surface area contributed by atoms with E-state index >= 15 is 0 Å². The van der Waals surface area contributed by atoms with Gasteiger partial charge in [0.1, 0.15) is 6.10 Å². The average Bonchev–Trinajstić information content (AvgIpc) is 1.65. The Bertz CT molecular complexity index is 47.4. The van der Waals surface area contributed by atoms with Crippen molar-refractivity contribution >= 4 is 15.9 Å². The zero-order valence-corrected chi connectivity index (χ0v) is 5.17. The van der Waals surface area contributed by atoms with Gasteiger partial charge in [0, 0.05) is 5.33 Å². The maximum Gasteiger partial charge on any atom is 0.178 e. The summed E-state index contributed by atoms with van der Waals surface area (Å²) in [5.41, 5.74) is 0. The third kappa shape index (κ3) is 2.99. The molecule has 0 amide bonds. The molecule has 3 nitrogen and oxygen atoms in total. The fraction of sp³-hybridized carbons (Fsp3) is 1.00. The molecule has 1 atom stereocenters. The van der Waals surface area contributed by atoms with E-state index in [1.54, 1.807) is 0 Å². The highest BCUT2D eigenvalue weighted by atomic mass is 79.9. The first-order chi connectivity index (χ1) is 3.18. The van der Waals surface area contributed by atoms with Crippen LogP contribution < -0.4 is 0 Å². The predicted octanol–water partition coefficient (Wildman–Crippen LogP) is -0.947. The minimum atomic E-state index is -1.63. The van der Waals surface area contributed by atoms with E-state index in [1.807, 2.05) is 0 Å². The van der Waals surface area contributed by atoms with Crippen LogP contribution in [0.3, 0.4) is 0 Å². The Hall–Kier alpha value is 0.360. The minimum Gasteiger partial charge on any atom is -0.387 e. The van der Waals surface area contributed by atoms with E-state index in [2.05, 4.69) is 15.9 Å². The van der Waals surface area contributed by atoms with E-state index in [0.29, 0.717) is 0 Å². The Labute approximate surface area is 49.7 Å². The molecular formula is C3H7BrO3. The van der Waals surface area contributed by atoms with Gasteiger partial charge in [-0.2, -0.15) is 0 Å². The lowest BCUT2D eigenvalue weighted by Crippen LogP contribution is -2.26. The van der Waals surface area contributed by atoms with Gasteiger partial charge in [0.15, 0.2) is 6.29 Å². The fourth-order valence-electron chi connectivity index (χ4n) is 0.0797. The van der Waals surface area contributed by atoms with E-state index in [0.717, 1.165) is 0 Å². The Balaban J connectivity index is 3.14. The zero-order valence-electron chi connectivity index (χ0n) is 3.58. The standard InChI is InChI=1S/C3H7BrO3/c4-1-2(5)3(6)7/h2-3,5-7H,1H2. The molecule has 3 N–H and O–H groups in total. The second kappa shape index (κ2) is 3.37. The molecule has 0 aromatic rings. The molecule has 7 heavy (non-hydrogen) atoms. The van der Waals surface area contributed by atoms with Gasteiger partial charge in [0.05, 0.1) is 0 Å². The Kier molecular flexibility index (Phi) is 3.55. The molecule has 0 aromatic carbocycles. The third-order valence-corrected chi connectivity index (χ3v) is 1.17. The summed E-state index contributed by atoms with van der Waals surface area (Å²) in [5.74, 6) is 0. The summed E-state index contributed by atoms with van der Waals surface area (Å²) in [6.45, 7) is 0. The molecule has 0 rings (SSSR count). The first kappa shape index (κ1) is 7.36. The molecule has 0 heterocycles. The first-order valence-corrected chi connectivity index (χ1v) is 2.90. The van der Waals surface area contributed by atoms with E-state index < -0.39 is 12.4 Å². The molecule has 0 aliphatic rings. The minimum absolute atomic E-state index is 0.185. The van der Waals surface area contributed by atoms with Crippen molar-refractivity contribution < 1.29 is 15.3 Å². The van der Waals surface area contributed by atoms with Gasteiger partial charge >= 0.3 is 0 Å². The molecule has 0 aliphatic heterocycles. The van der Waals surface area contributed by atoms with Crippen LogP contribution in [0.25, 0.3) is 0 Å². The van der Waals surface area contributed by atoms with Crippen LogP contribution in [0.4, 0.5) is 0 Å². The number of aliphatic hydroxyl groups is 3. The molecule has 1 unspecified atom stereocenters. The fourth-order valence-corrected chi connectivity index (χ4v) is 0.414. The molecule has 0 aliphatic carbocycles. The van der Waals surface area contributed by atoms with Gasteiger partial charge in [0.2, 0.25) is 0 Å². The largest absolute Gasteiger partial charge is 0.387 e. The SMILES string of the molecule is OC(O)C(O)CBr. The summed E-state index contributed by atoms with van der Waals surface area (Å²) >= 11 is 2.85. The van der Waals surface area contributed by atoms with E-state index in [9.17, 15) is 0 Å². The number of alkyl halides is 1. The van der Waals surface area contributed by atoms with Crippen LogP contribution in [0.2, 0.25) is 0 Å². The summed E-state index contributed by atoms with van der Waals surface area (Å²) in [6, 6.07) is 0. The molecule has 0 aromatic heterocycles. The van der Waals surface area contributed by atoms with Gasteiger partial charge in [-0.25, -0.2) is 0 Å². The summed E-state index contributed by atoms with van der Waals surface area (Å²) in [5, 5.41) is 24.8. The number of aliphatic hydroxyl groups excluding tert-OH is 2. The van der Waals surface area contributed by atoms with Gasteiger partial charge in [-0.3, -0.25) is 0 Å².